The molecule has 0 saturated carbocycles. The second-order valence-electron chi connectivity index (χ2n) is 5.08. The molecule has 2 aromatic rings. The molecule has 106 valence electrons. The van der Waals surface area contributed by atoms with Crippen LogP contribution in [0.25, 0.3) is 0 Å². The van der Waals surface area contributed by atoms with E-state index >= 15 is 0 Å². The van der Waals surface area contributed by atoms with Crippen molar-refractivity contribution >= 4 is 11.6 Å². The lowest BCUT2D eigenvalue weighted by atomic mass is 10.1. The molecule has 0 amide bonds. The first-order valence-corrected chi connectivity index (χ1v) is 7.20. The first kappa shape index (κ1) is 14.9. The smallest absolute Gasteiger partial charge is 0.142 e. The molecule has 3 heteroatoms. The van der Waals surface area contributed by atoms with Crippen molar-refractivity contribution < 1.29 is 4.74 Å². The van der Waals surface area contributed by atoms with Crippen molar-refractivity contribution in [2.45, 2.75) is 32.4 Å². The van der Waals surface area contributed by atoms with Crippen LogP contribution < -0.4 is 10.5 Å². The van der Waals surface area contributed by atoms with Gasteiger partial charge in [-0.25, -0.2) is 0 Å². The zero-order valence-electron chi connectivity index (χ0n) is 11.8. The summed E-state index contributed by atoms with van der Waals surface area (Å²) in [5, 5.41) is 0.630. The number of hydrogen-bond acceptors (Lipinski definition) is 2. The van der Waals surface area contributed by atoms with Crippen molar-refractivity contribution in [3.63, 3.8) is 0 Å². The van der Waals surface area contributed by atoms with Gasteiger partial charge in [0.25, 0.3) is 0 Å². The first-order valence-electron chi connectivity index (χ1n) is 6.82. The summed E-state index contributed by atoms with van der Waals surface area (Å²) in [5.41, 5.74) is 8.06. The highest BCUT2D eigenvalue weighted by atomic mass is 35.5. The van der Waals surface area contributed by atoms with Gasteiger partial charge in [-0.05, 0) is 37.5 Å². The number of nitrogens with two attached hydrogens (primary N) is 1. The van der Waals surface area contributed by atoms with Crippen LogP contribution in [0.4, 0.5) is 0 Å². The summed E-state index contributed by atoms with van der Waals surface area (Å²) >= 11 is 6.28. The highest BCUT2D eigenvalue weighted by Crippen LogP contribution is 2.33. The Morgan fingerprint density at radius 3 is 2.40 bits per heavy atom. The molecule has 0 spiro atoms. The molecule has 2 atom stereocenters. The Kier molecular flexibility index (Phi) is 5.05. The molecular formula is C17H20ClNO. The van der Waals surface area contributed by atoms with Crippen LogP contribution in [-0.4, -0.2) is 6.04 Å². The number of rotatable bonds is 5. The van der Waals surface area contributed by atoms with E-state index in [0.717, 1.165) is 23.3 Å². The molecule has 2 N–H and O–H groups in total. The second-order valence-corrected chi connectivity index (χ2v) is 5.49. The van der Waals surface area contributed by atoms with Gasteiger partial charge in [-0.1, -0.05) is 54.1 Å². The lowest BCUT2D eigenvalue weighted by molar-refractivity contribution is 0.224. The predicted molar refractivity (Wildman–Crippen MR) is 84.3 cm³/mol. The number of hydrogen-bond donors (Lipinski definition) is 1. The summed E-state index contributed by atoms with van der Waals surface area (Å²) in [7, 11) is 0. The molecule has 0 bridgehead atoms. The highest BCUT2D eigenvalue weighted by molar-refractivity contribution is 6.32. The maximum Gasteiger partial charge on any atom is 0.142 e. The van der Waals surface area contributed by atoms with Crippen LogP contribution in [0.3, 0.4) is 0 Å². The lowest BCUT2D eigenvalue weighted by Gasteiger charge is -2.19. The van der Waals surface area contributed by atoms with Crippen LogP contribution in [0.2, 0.25) is 5.02 Å². The minimum absolute atomic E-state index is 0.0528. The minimum Gasteiger partial charge on any atom is -0.484 e. The van der Waals surface area contributed by atoms with Crippen LogP contribution >= 0.6 is 11.6 Å². The van der Waals surface area contributed by atoms with Gasteiger partial charge in [0.2, 0.25) is 0 Å². The fourth-order valence-corrected chi connectivity index (χ4v) is 2.40. The summed E-state index contributed by atoms with van der Waals surface area (Å²) in [6.45, 7) is 4.00. The topological polar surface area (TPSA) is 35.2 Å². The summed E-state index contributed by atoms with van der Waals surface area (Å²) in [6.07, 6.45) is 0.695. The van der Waals surface area contributed by atoms with Crippen molar-refractivity contribution in [2.75, 3.05) is 0 Å². The summed E-state index contributed by atoms with van der Waals surface area (Å²) in [6, 6.07) is 16.0. The van der Waals surface area contributed by atoms with E-state index < -0.39 is 0 Å². The van der Waals surface area contributed by atoms with E-state index in [1.807, 2.05) is 62.4 Å². The highest BCUT2D eigenvalue weighted by Gasteiger charge is 2.14. The molecule has 2 rings (SSSR count). The van der Waals surface area contributed by atoms with Crippen LogP contribution in [0.5, 0.6) is 5.75 Å². The van der Waals surface area contributed by atoms with E-state index in [0.29, 0.717) is 5.02 Å². The fraction of sp³-hybridized carbons (Fsp3) is 0.294. The quantitative estimate of drug-likeness (QED) is 0.887. The molecule has 0 radical (unpaired) electrons. The van der Waals surface area contributed by atoms with Crippen LogP contribution in [-0.2, 0) is 6.42 Å². The predicted octanol–water partition coefficient (Wildman–Crippen LogP) is 4.37. The van der Waals surface area contributed by atoms with E-state index in [4.69, 9.17) is 22.1 Å². The molecular weight excluding hydrogens is 270 g/mol. The van der Waals surface area contributed by atoms with Gasteiger partial charge >= 0.3 is 0 Å². The van der Waals surface area contributed by atoms with Gasteiger partial charge < -0.3 is 10.5 Å². The summed E-state index contributed by atoms with van der Waals surface area (Å²) in [4.78, 5) is 0. The van der Waals surface area contributed by atoms with Crippen molar-refractivity contribution in [3.05, 3.63) is 64.7 Å². The van der Waals surface area contributed by atoms with Crippen LogP contribution in [0, 0.1) is 0 Å². The maximum absolute atomic E-state index is 6.28. The van der Waals surface area contributed by atoms with Gasteiger partial charge in [-0.15, -0.1) is 0 Å². The Hall–Kier alpha value is -1.51. The van der Waals surface area contributed by atoms with Gasteiger partial charge in [0, 0.05) is 6.04 Å². The molecule has 0 aliphatic rings. The van der Waals surface area contributed by atoms with E-state index in [2.05, 4.69) is 0 Å². The van der Waals surface area contributed by atoms with Crippen molar-refractivity contribution in [1.82, 2.24) is 0 Å². The zero-order valence-corrected chi connectivity index (χ0v) is 12.6. The van der Waals surface area contributed by atoms with Gasteiger partial charge in [-0.2, -0.15) is 0 Å². The third-order valence-corrected chi connectivity index (χ3v) is 3.45. The Morgan fingerprint density at radius 2 is 1.75 bits per heavy atom. The molecule has 20 heavy (non-hydrogen) atoms. The van der Waals surface area contributed by atoms with Crippen molar-refractivity contribution in [2.24, 2.45) is 5.73 Å². The van der Waals surface area contributed by atoms with E-state index in [1.165, 1.54) is 0 Å². The average Bonchev–Trinajstić information content (AvgIpc) is 2.43. The van der Waals surface area contributed by atoms with Gasteiger partial charge in [0.05, 0.1) is 5.02 Å². The number of ether oxygens (including phenoxy) is 1. The van der Waals surface area contributed by atoms with Gasteiger partial charge in [0.1, 0.15) is 11.9 Å². The number of para-hydroxylation sites is 1. The van der Waals surface area contributed by atoms with E-state index in [-0.39, 0.29) is 12.1 Å². The van der Waals surface area contributed by atoms with Crippen molar-refractivity contribution in [1.29, 1.82) is 0 Å². The molecule has 2 unspecified atom stereocenters. The first-order chi connectivity index (χ1) is 9.58. The molecule has 2 aromatic carbocycles. The fourth-order valence-electron chi connectivity index (χ4n) is 2.16. The molecule has 0 aromatic heterocycles. The van der Waals surface area contributed by atoms with Gasteiger partial charge in [-0.3, -0.25) is 0 Å². The normalized spacial score (nSPS) is 13.8. The van der Waals surface area contributed by atoms with Crippen LogP contribution in [0.15, 0.2) is 48.5 Å². The Bertz CT molecular complexity index is 554. The van der Waals surface area contributed by atoms with Crippen LogP contribution in [0.1, 0.15) is 31.1 Å². The zero-order chi connectivity index (χ0) is 14.5. The number of benzene rings is 2. The van der Waals surface area contributed by atoms with Crippen molar-refractivity contribution in [3.8, 4) is 5.75 Å². The molecule has 0 aliphatic carbocycles. The Morgan fingerprint density at radius 1 is 1.05 bits per heavy atom. The Balaban J connectivity index is 2.24. The summed E-state index contributed by atoms with van der Waals surface area (Å²) < 4.78 is 6.08. The minimum atomic E-state index is -0.0528. The SMILES string of the molecule is CC(N)Cc1cccc(Cl)c1OC(C)c1ccccc1. The lowest BCUT2D eigenvalue weighted by Crippen LogP contribution is -2.18. The largest absolute Gasteiger partial charge is 0.484 e. The average molecular weight is 290 g/mol. The van der Waals surface area contributed by atoms with Gasteiger partial charge in [0.15, 0.2) is 0 Å². The second kappa shape index (κ2) is 6.78. The van der Waals surface area contributed by atoms with E-state index in [9.17, 15) is 0 Å². The molecule has 0 heterocycles. The molecule has 0 fully saturated rings. The molecule has 2 nitrogen and oxygen atoms in total. The van der Waals surface area contributed by atoms with E-state index in [1.54, 1.807) is 0 Å². The monoisotopic (exact) mass is 289 g/mol. The summed E-state index contributed by atoms with van der Waals surface area (Å²) in [5.74, 6) is 0.739. The number of halogens is 1. The Labute approximate surface area is 125 Å². The third kappa shape index (κ3) is 3.75. The third-order valence-electron chi connectivity index (χ3n) is 3.15. The molecule has 0 saturated heterocycles. The maximum atomic E-state index is 6.28. The standard InChI is InChI=1S/C17H20ClNO/c1-12(19)11-15-9-6-10-16(18)17(15)20-13(2)14-7-4-3-5-8-14/h3-10,12-13H,11,19H2,1-2H3. The molecule has 0 aliphatic heterocycles.